The molecule has 27 heavy (non-hydrogen) atoms. The van der Waals surface area contributed by atoms with E-state index in [0.29, 0.717) is 0 Å². The van der Waals surface area contributed by atoms with Gasteiger partial charge in [-0.1, -0.05) is 36.4 Å². The Bertz CT molecular complexity index is 1070. The molecule has 4 heteroatoms. The number of rotatable bonds is 5. The smallest absolute Gasteiger partial charge is 0.137 e. The summed E-state index contributed by atoms with van der Waals surface area (Å²) in [6.07, 6.45) is 4.49. The van der Waals surface area contributed by atoms with Crippen molar-refractivity contribution in [3.63, 3.8) is 0 Å². The number of hydrogen-bond donors (Lipinski definition) is 1. The van der Waals surface area contributed by atoms with Gasteiger partial charge in [0.25, 0.3) is 0 Å². The highest BCUT2D eigenvalue weighted by molar-refractivity contribution is 5.92. The first-order valence-corrected chi connectivity index (χ1v) is 9.17. The molecule has 4 rings (SSSR count). The first-order valence-electron chi connectivity index (χ1n) is 9.17. The summed E-state index contributed by atoms with van der Waals surface area (Å²) >= 11 is 0. The van der Waals surface area contributed by atoms with Crippen LogP contribution in [0.4, 0.5) is 5.82 Å². The molecule has 1 N–H and O–H groups in total. The van der Waals surface area contributed by atoms with Crippen LogP contribution in [0.1, 0.15) is 16.8 Å². The van der Waals surface area contributed by atoms with Gasteiger partial charge in [-0.3, -0.25) is 4.98 Å². The van der Waals surface area contributed by atoms with Crippen LogP contribution in [0.15, 0.2) is 67.1 Å². The van der Waals surface area contributed by atoms with E-state index in [1.807, 2.05) is 25.3 Å². The van der Waals surface area contributed by atoms with Gasteiger partial charge in [0.15, 0.2) is 0 Å². The van der Waals surface area contributed by atoms with Gasteiger partial charge in [0.05, 0.1) is 5.52 Å². The summed E-state index contributed by atoms with van der Waals surface area (Å²) in [6, 6.07) is 18.9. The van der Waals surface area contributed by atoms with E-state index >= 15 is 0 Å². The lowest BCUT2D eigenvalue weighted by Gasteiger charge is -2.10. The molecule has 0 unspecified atom stereocenters. The number of aromatic nitrogens is 3. The number of fused-ring (bicyclic) bond motifs is 1. The molecule has 2 aromatic heterocycles. The van der Waals surface area contributed by atoms with Gasteiger partial charge in [-0.25, -0.2) is 9.97 Å². The van der Waals surface area contributed by atoms with Crippen molar-refractivity contribution in [2.24, 2.45) is 0 Å². The van der Waals surface area contributed by atoms with Crippen molar-refractivity contribution in [1.29, 1.82) is 0 Å². The molecule has 0 aliphatic carbocycles. The maximum atomic E-state index is 4.49. The Hall–Kier alpha value is -3.27. The highest BCUT2D eigenvalue weighted by Gasteiger charge is 2.07. The van der Waals surface area contributed by atoms with Crippen molar-refractivity contribution in [3.05, 3.63) is 83.9 Å². The summed E-state index contributed by atoms with van der Waals surface area (Å²) in [7, 11) is 0. The van der Waals surface area contributed by atoms with Crippen LogP contribution < -0.4 is 5.32 Å². The minimum Gasteiger partial charge on any atom is -0.369 e. The van der Waals surface area contributed by atoms with Crippen molar-refractivity contribution < 1.29 is 0 Å². The molecule has 0 spiro atoms. The third kappa shape index (κ3) is 3.80. The monoisotopic (exact) mass is 354 g/mol. The van der Waals surface area contributed by atoms with Crippen LogP contribution in [0, 0.1) is 13.8 Å². The molecule has 0 fully saturated rings. The van der Waals surface area contributed by atoms with Gasteiger partial charge in [-0.15, -0.1) is 0 Å². The van der Waals surface area contributed by atoms with Gasteiger partial charge in [-0.05, 0) is 55.2 Å². The topological polar surface area (TPSA) is 50.7 Å². The maximum Gasteiger partial charge on any atom is 0.137 e. The van der Waals surface area contributed by atoms with E-state index in [-0.39, 0.29) is 0 Å². The van der Waals surface area contributed by atoms with Crippen LogP contribution >= 0.6 is 0 Å². The number of anilines is 1. The van der Waals surface area contributed by atoms with Crippen LogP contribution in [-0.2, 0) is 6.42 Å². The Morgan fingerprint density at radius 2 is 1.70 bits per heavy atom. The fourth-order valence-electron chi connectivity index (χ4n) is 3.15. The zero-order chi connectivity index (χ0) is 18.6. The highest BCUT2D eigenvalue weighted by Crippen LogP contribution is 2.27. The van der Waals surface area contributed by atoms with E-state index < -0.39 is 0 Å². The van der Waals surface area contributed by atoms with Crippen LogP contribution in [0.3, 0.4) is 0 Å². The molecule has 0 aliphatic heterocycles. The Kier molecular flexibility index (Phi) is 4.79. The summed E-state index contributed by atoms with van der Waals surface area (Å²) < 4.78 is 0. The zero-order valence-corrected chi connectivity index (χ0v) is 15.6. The first-order chi connectivity index (χ1) is 13.2. The van der Waals surface area contributed by atoms with Crippen LogP contribution in [0.25, 0.3) is 22.0 Å². The fourth-order valence-corrected chi connectivity index (χ4v) is 3.15. The van der Waals surface area contributed by atoms with Crippen molar-refractivity contribution in [3.8, 4) is 11.1 Å². The van der Waals surface area contributed by atoms with Gasteiger partial charge in [-0.2, -0.15) is 0 Å². The van der Waals surface area contributed by atoms with Crippen molar-refractivity contribution in [2.75, 3.05) is 11.9 Å². The average molecular weight is 354 g/mol. The normalized spacial score (nSPS) is 10.9. The number of aryl methyl sites for hydroxylation is 2. The predicted octanol–water partition coefficient (Wildman–Crippen LogP) is 4.96. The number of nitrogens with one attached hydrogen (secondary N) is 1. The number of nitrogens with zero attached hydrogens (tertiary/aromatic N) is 3. The quantitative estimate of drug-likeness (QED) is 0.550. The molecule has 0 saturated carbocycles. The van der Waals surface area contributed by atoms with E-state index in [0.717, 1.165) is 46.5 Å². The predicted molar refractivity (Wildman–Crippen MR) is 111 cm³/mol. The SMILES string of the molecule is Cc1cc(-c2ccc3ncnc(NCCc4ccccc4)c3c2)cnc1C. The van der Waals surface area contributed by atoms with Crippen LogP contribution in [0.5, 0.6) is 0 Å². The molecule has 2 heterocycles. The summed E-state index contributed by atoms with van der Waals surface area (Å²) in [5.41, 5.74) is 6.74. The van der Waals surface area contributed by atoms with E-state index in [2.05, 4.69) is 69.7 Å². The van der Waals surface area contributed by atoms with E-state index in [1.54, 1.807) is 6.33 Å². The molecule has 0 saturated heterocycles. The Labute approximate surface area is 159 Å². The second-order valence-corrected chi connectivity index (χ2v) is 6.74. The first kappa shape index (κ1) is 17.2. The molecule has 0 aliphatic rings. The molecule has 0 radical (unpaired) electrons. The van der Waals surface area contributed by atoms with Gasteiger partial charge in [0.1, 0.15) is 12.1 Å². The molecule has 4 nitrogen and oxygen atoms in total. The van der Waals surface area contributed by atoms with E-state index in [9.17, 15) is 0 Å². The third-order valence-corrected chi connectivity index (χ3v) is 4.86. The second-order valence-electron chi connectivity index (χ2n) is 6.74. The lowest BCUT2D eigenvalue weighted by Crippen LogP contribution is -2.07. The minimum absolute atomic E-state index is 0.825. The molecule has 2 aromatic carbocycles. The highest BCUT2D eigenvalue weighted by atomic mass is 15.0. The van der Waals surface area contributed by atoms with Crippen molar-refractivity contribution >= 4 is 16.7 Å². The van der Waals surface area contributed by atoms with E-state index in [4.69, 9.17) is 0 Å². The molecule has 4 aromatic rings. The summed E-state index contributed by atoms with van der Waals surface area (Å²) in [5.74, 6) is 0.870. The Morgan fingerprint density at radius 1 is 0.852 bits per heavy atom. The summed E-state index contributed by atoms with van der Waals surface area (Å²) in [6.45, 7) is 4.94. The molecular formula is C23H22N4. The van der Waals surface area contributed by atoms with Gasteiger partial charge >= 0.3 is 0 Å². The van der Waals surface area contributed by atoms with Crippen LogP contribution in [-0.4, -0.2) is 21.5 Å². The fraction of sp³-hybridized carbons (Fsp3) is 0.174. The minimum atomic E-state index is 0.825. The standard InChI is InChI=1S/C23H22N4/c1-16-12-20(14-25-17(16)2)19-8-9-22-21(13-19)23(27-15-26-22)24-11-10-18-6-4-3-5-7-18/h3-9,12-15H,10-11H2,1-2H3,(H,24,26,27). The largest absolute Gasteiger partial charge is 0.369 e. The lowest BCUT2D eigenvalue weighted by molar-refractivity contribution is 1.01. The molecule has 0 amide bonds. The molecular weight excluding hydrogens is 332 g/mol. The second kappa shape index (κ2) is 7.54. The van der Waals surface area contributed by atoms with Gasteiger partial charge in [0, 0.05) is 29.4 Å². The number of pyridine rings is 1. The maximum absolute atomic E-state index is 4.49. The van der Waals surface area contributed by atoms with Gasteiger partial charge < -0.3 is 5.32 Å². The van der Waals surface area contributed by atoms with E-state index in [1.165, 1.54) is 11.1 Å². The Balaban J connectivity index is 1.62. The van der Waals surface area contributed by atoms with Crippen molar-refractivity contribution in [1.82, 2.24) is 15.0 Å². The average Bonchev–Trinajstić information content (AvgIpc) is 2.71. The zero-order valence-electron chi connectivity index (χ0n) is 15.6. The van der Waals surface area contributed by atoms with Crippen molar-refractivity contribution in [2.45, 2.75) is 20.3 Å². The third-order valence-electron chi connectivity index (χ3n) is 4.86. The summed E-state index contributed by atoms with van der Waals surface area (Å²) in [5, 5.41) is 4.50. The summed E-state index contributed by atoms with van der Waals surface area (Å²) in [4.78, 5) is 13.4. The number of benzene rings is 2. The Morgan fingerprint density at radius 3 is 2.52 bits per heavy atom. The number of hydrogen-bond acceptors (Lipinski definition) is 4. The van der Waals surface area contributed by atoms with Crippen LogP contribution in [0.2, 0.25) is 0 Å². The van der Waals surface area contributed by atoms with Gasteiger partial charge in [0.2, 0.25) is 0 Å². The lowest BCUT2D eigenvalue weighted by atomic mass is 10.0. The molecule has 0 bridgehead atoms. The molecule has 134 valence electrons. The molecule has 0 atom stereocenters.